The molecule has 0 saturated heterocycles. The first-order valence-corrected chi connectivity index (χ1v) is 4.92. The molecule has 0 amide bonds. The summed E-state index contributed by atoms with van der Waals surface area (Å²) in [6, 6.07) is 1.83. The van der Waals surface area contributed by atoms with E-state index in [2.05, 4.69) is 15.1 Å². The molecule has 2 N–H and O–H groups in total. The van der Waals surface area contributed by atoms with E-state index in [1.54, 1.807) is 10.9 Å². The molecule has 0 atom stereocenters. The largest absolute Gasteiger partial charge is 0.368 e. The fraction of sp³-hybridized carbons (Fsp3) is 0.300. The summed E-state index contributed by atoms with van der Waals surface area (Å²) in [6.07, 6.45) is 5.46. The second kappa shape index (κ2) is 4.18. The Bertz CT molecular complexity index is 478. The summed E-state index contributed by atoms with van der Waals surface area (Å²) in [5.41, 5.74) is 6.66. The predicted molar refractivity (Wildman–Crippen MR) is 61.8 cm³/mol. The van der Waals surface area contributed by atoms with Crippen molar-refractivity contribution in [1.29, 1.82) is 0 Å². The number of nitrogens with two attached hydrogens (primary N) is 1. The maximum atomic E-state index is 5.53. The summed E-state index contributed by atoms with van der Waals surface area (Å²) in [5, 5.41) is 4.11. The van der Waals surface area contributed by atoms with E-state index in [4.69, 9.17) is 5.73 Å². The zero-order valence-corrected chi connectivity index (χ0v) is 9.33. The molecule has 84 valence electrons. The molecule has 0 aliphatic heterocycles. The third kappa shape index (κ3) is 2.28. The fourth-order valence-corrected chi connectivity index (χ4v) is 1.48. The van der Waals surface area contributed by atoms with Gasteiger partial charge in [-0.15, -0.1) is 0 Å². The summed E-state index contributed by atoms with van der Waals surface area (Å²) in [6.45, 7) is 0.740. The first-order chi connectivity index (χ1) is 7.65. The summed E-state index contributed by atoms with van der Waals surface area (Å²) in [5.74, 6) is 1.09. The highest BCUT2D eigenvalue weighted by Gasteiger charge is 2.05. The van der Waals surface area contributed by atoms with Crippen LogP contribution in [0.4, 0.5) is 11.8 Å². The van der Waals surface area contributed by atoms with Gasteiger partial charge in [0.2, 0.25) is 5.95 Å². The first kappa shape index (κ1) is 10.4. The minimum atomic E-state index is 0.288. The van der Waals surface area contributed by atoms with Gasteiger partial charge >= 0.3 is 0 Å². The van der Waals surface area contributed by atoms with Gasteiger partial charge in [-0.2, -0.15) is 10.1 Å². The average Bonchev–Trinajstić information content (AvgIpc) is 2.64. The van der Waals surface area contributed by atoms with E-state index < -0.39 is 0 Å². The molecule has 0 aromatic carbocycles. The van der Waals surface area contributed by atoms with Crippen LogP contribution in [-0.4, -0.2) is 26.8 Å². The predicted octanol–water partition coefficient (Wildman–Crippen LogP) is 0.429. The summed E-state index contributed by atoms with van der Waals surface area (Å²) < 4.78 is 1.78. The lowest BCUT2D eigenvalue weighted by Gasteiger charge is -2.16. The third-order valence-electron chi connectivity index (χ3n) is 2.23. The molecule has 0 unspecified atom stereocenters. The van der Waals surface area contributed by atoms with E-state index in [9.17, 15) is 0 Å². The van der Waals surface area contributed by atoms with Gasteiger partial charge in [0.15, 0.2) is 0 Å². The molecule has 0 spiro atoms. The Kier molecular flexibility index (Phi) is 2.72. The molecular formula is C10H14N6. The van der Waals surface area contributed by atoms with Crippen molar-refractivity contribution in [2.75, 3.05) is 17.7 Å². The highest BCUT2D eigenvalue weighted by atomic mass is 15.2. The number of anilines is 2. The van der Waals surface area contributed by atoms with Gasteiger partial charge in [-0.05, 0) is 6.07 Å². The van der Waals surface area contributed by atoms with Crippen molar-refractivity contribution in [3.05, 3.63) is 30.2 Å². The van der Waals surface area contributed by atoms with Crippen molar-refractivity contribution in [2.45, 2.75) is 6.54 Å². The van der Waals surface area contributed by atoms with Gasteiger partial charge in [0.25, 0.3) is 0 Å². The Morgan fingerprint density at radius 1 is 1.50 bits per heavy atom. The van der Waals surface area contributed by atoms with Crippen LogP contribution in [0.2, 0.25) is 0 Å². The maximum absolute atomic E-state index is 5.53. The van der Waals surface area contributed by atoms with Crippen LogP contribution < -0.4 is 10.6 Å². The summed E-state index contributed by atoms with van der Waals surface area (Å²) in [7, 11) is 3.85. The molecule has 0 bridgehead atoms. The van der Waals surface area contributed by atoms with Crippen molar-refractivity contribution >= 4 is 11.8 Å². The highest BCUT2D eigenvalue weighted by Crippen LogP contribution is 2.11. The second-order valence-corrected chi connectivity index (χ2v) is 3.65. The lowest BCUT2D eigenvalue weighted by molar-refractivity contribution is 0.766. The molecule has 0 radical (unpaired) electrons. The lowest BCUT2D eigenvalue weighted by Crippen LogP contribution is -2.18. The van der Waals surface area contributed by atoms with Gasteiger partial charge in [0.1, 0.15) is 5.82 Å². The quantitative estimate of drug-likeness (QED) is 0.808. The van der Waals surface area contributed by atoms with E-state index in [1.165, 1.54) is 0 Å². The normalized spacial score (nSPS) is 10.4. The Balaban J connectivity index is 2.11. The van der Waals surface area contributed by atoms with Gasteiger partial charge in [-0.25, -0.2) is 4.98 Å². The number of nitrogen functional groups attached to an aromatic ring is 1. The van der Waals surface area contributed by atoms with Crippen molar-refractivity contribution in [3.8, 4) is 0 Å². The molecule has 2 aromatic heterocycles. The zero-order valence-electron chi connectivity index (χ0n) is 9.33. The number of nitrogens with zero attached hydrogens (tertiary/aromatic N) is 5. The molecular weight excluding hydrogens is 204 g/mol. The van der Waals surface area contributed by atoms with Crippen LogP contribution >= 0.6 is 0 Å². The van der Waals surface area contributed by atoms with Gasteiger partial charge in [-0.3, -0.25) is 4.68 Å². The molecule has 6 nitrogen and oxygen atoms in total. The van der Waals surface area contributed by atoms with E-state index in [1.807, 2.05) is 37.5 Å². The van der Waals surface area contributed by atoms with E-state index in [0.29, 0.717) is 0 Å². The Morgan fingerprint density at radius 3 is 2.94 bits per heavy atom. The van der Waals surface area contributed by atoms with Crippen molar-refractivity contribution < 1.29 is 0 Å². The number of aromatic nitrogens is 4. The van der Waals surface area contributed by atoms with Crippen LogP contribution in [0.1, 0.15) is 5.56 Å². The highest BCUT2D eigenvalue weighted by molar-refractivity contribution is 5.40. The molecule has 6 heteroatoms. The van der Waals surface area contributed by atoms with Crippen LogP contribution in [0.3, 0.4) is 0 Å². The first-order valence-electron chi connectivity index (χ1n) is 4.92. The molecule has 0 aliphatic rings. The molecule has 2 rings (SSSR count). The van der Waals surface area contributed by atoms with Crippen molar-refractivity contribution in [2.24, 2.45) is 7.05 Å². The van der Waals surface area contributed by atoms with Crippen LogP contribution in [0.25, 0.3) is 0 Å². The molecule has 2 heterocycles. The topological polar surface area (TPSA) is 72.9 Å². The number of hydrogen-bond donors (Lipinski definition) is 1. The number of hydrogen-bond acceptors (Lipinski definition) is 5. The smallest absolute Gasteiger partial charge is 0.221 e. The fourth-order valence-electron chi connectivity index (χ4n) is 1.48. The van der Waals surface area contributed by atoms with Gasteiger partial charge in [-0.1, -0.05) is 0 Å². The molecule has 0 fully saturated rings. The number of rotatable bonds is 3. The maximum Gasteiger partial charge on any atom is 0.221 e. The monoisotopic (exact) mass is 218 g/mol. The SMILES string of the molecule is CN(Cc1cnn(C)c1)c1ccnc(N)n1. The minimum absolute atomic E-state index is 0.288. The van der Waals surface area contributed by atoms with Crippen molar-refractivity contribution in [3.63, 3.8) is 0 Å². The molecule has 0 saturated carbocycles. The Labute approximate surface area is 93.7 Å². The standard InChI is InChI=1S/C10H14N6/c1-15(6-8-5-13-16(2)7-8)9-3-4-12-10(11)14-9/h3-5,7H,6H2,1-2H3,(H2,11,12,14). The second-order valence-electron chi connectivity index (χ2n) is 3.65. The van der Waals surface area contributed by atoms with Gasteiger partial charge < -0.3 is 10.6 Å². The minimum Gasteiger partial charge on any atom is -0.368 e. The molecule has 0 aliphatic carbocycles. The van der Waals surface area contributed by atoms with Gasteiger partial charge in [0, 0.05) is 38.6 Å². The zero-order chi connectivity index (χ0) is 11.5. The average molecular weight is 218 g/mol. The Hall–Kier alpha value is -2.11. The van der Waals surface area contributed by atoms with E-state index in [0.717, 1.165) is 17.9 Å². The molecule has 16 heavy (non-hydrogen) atoms. The van der Waals surface area contributed by atoms with Crippen LogP contribution in [0.15, 0.2) is 24.7 Å². The number of aryl methyl sites for hydroxylation is 1. The summed E-state index contributed by atoms with van der Waals surface area (Å²) >= 11 is 0. The molecule has 2 aromatic rings. The Morgan fingerprint density at radius 2 is 2.31 bits per heavy atom. The van der Waals surface area contributed by atoms with Crippen LogP contribution in [-0.2, 0) is 13.6 Å². The van der Waals surface area contributed by atoms with Crippen LogP contribution in [0, 0.1) is 0 Å². The van der Waals surface area contributed by atoms with E-state index >= 15 is 0 Å². The van der Waals surface area contributed by atoms with E-state index in [-0.39, 0.29) is 5.95 Å². The van der Waals surface area contributed by atoms with Crippen LogP contribution in [0.5, 0.6) is 0 Å². The van der Waals surface area contributed by atoms with Crippen molar-refractivity contribution in [1.82, 2.24) is 19.7 Å². The van der Waals surface area contributed by atoms with Gasteiger partial charge in [0.05, 0.1) is 6.20 Å². The summed E-state index contributed by atoms with van der Waals surface area (Å²) in [4.78, 5) is 9.99. The lowest BCUT2D eigenvalue weighted by atomic mass is 10.3. The third-order valence-corrected chi connectivity index (χ3v) is 2.23.